The number of aromatic nitrogens is 2. The summed E-state index contributed by atoms with van der Waals surface area (Å²) in [5.74, 6) is 0.886. The number of nitrogens with one attached hydrogen (secondary N) is 2. The lowest BCUT2D eigenvalue weighted by Gasteiger charge is -2.05. The van der Waals surface area contributed by atoms with Crippen molar-refractivity contribution in [3.8, 4) is 11.4 Å². The molecule has 1 aromatic carbocycles. The summed E-state index contributed by atoms with van der Waals surface area (Å²) in [5, 5.41) is 3.43. The van der Waals surface area contributed by atoms with Crippen LogP contribution in [0.1, 0.15) is 19.5 Å². The van der Waals surface area contributed by atoms with E-state index in [-0.39, 0.29) is 5.02 Å². The van der Waals surface area contributed by atoms with Crippen LogP contribution in [0.25, 0.3) is 11.4 Å². The summed E-state index contributed by atoms with van der Waals surface area (Å²) < 4.78 is 13.1. The van der Waals surface area contributed by atoms with Gasteiger partial charge in [-0.05, 0) is 30.7 Å². The quantitative estimate of drug-likeness (QED) is 0.879. The Bertz CT molecular complexity index is 551. The van der Waals surface area contributed by atoms with Crippen molar-refractivity contribution in [2.45, 2.75) is 20.4 Å². The van der Waals surface area contributed by atoms with Gasteiger partial charge in [-0.1, -0.05) is 25.4 Å². The molecule has 19 heavy (non-hydrogen) atoms. The van der Waals surface area contributed by atoms with Gasteiger partial charge in [0.15, 0.2) is 0 Å². The predicted molar refractivity (Wildman–Crippen MR) is 75.5 cm³/mol. The molecule has 1 aromatic heterocycles. The standard InChI is InChI=1S/C14H17ClFN3/c1-9(2)6-17-7-11-8-18-14(19-11)10-3-4-13(16)12(15)5-10/h3-5,8-9,17H,6-7H2,1-2H3,(H,18,19). The van der Waals surface area contributed by atoms with Crippen molar-refractivity contribution in [1.29, 1.82) is 0 Å². The zero-order valence-corrected chi connectivity index (χ0v) is 11.8. The summed E-state index contributed by atoms with van der Waals surface area (Å²) in [6, 6.07) is 4.57. The van der Waals surface area contributed by atoms with Gasteiger partial charge in [-0.3, -0.25) is 0 Å². The van der Waals surface area contributed by atoms with Gasteiger partial charge in [-0.25, -0.2) is 9.37 Å². The minimum absolute atomic E-state index is 0.105. The van der Waals surface area contributed by atoms with Crippen LogP contribution in [0.4, 0.5) is 4.39 Å². The second-order valence-corrected chi connectivity index (χ2v) is 5.32. The number of hydrogen-bond acceptors (Lipinski definition) is 2. The molecule has 0 aliphatic heterocycles. The molecule has 0 saturated heterocycles. The highest BCUT2D eigenvalue weighted by molar-refractivity contribution is 6.31. The molecule has 0 aliphatic carbocycles. The van der Waals surface area contributed by atoms with Crippen LogP contribution in [0.5, 0.6) is 0 Å². The lowest BCUT2D eigenvalue weighted by atomic mass is 10.2. The molecular weight excluding hydrogens is 265 g/mol. The largest absolute Gasteiger partial charge is 0.341 e. The number of benzene rings is 1. The summed E-state index contributed by atoms with van der Waals surface area (Å²) in [6.45, 7) is 6.01. The lowest BCUT2D eigenvalue weighted by Crippen LogP contribution is -2.19. The van der Waals surface area contributed by atoms with E-state index in [1.807, 2.05) is 0 Å². The van der Waals surface area contributed by atoms with E-state index in [1.54, 1.807) is 18.3 Å². The first-order valence-corrected chi connectivity index (χ1v) is 6.64. The number of nitrogens with zero attached hydrogens (tertiary/aromatic N) is 1. The van der Waals surface area contributed by atoms with E-state index in [4.69, 9.17) is 11.6 Å². The Balaban J connectivity index is 2.05. The van der Waals surface area contributed by atoms with E-state index >= 15 is 0 Å². The smallest absolute Gasteiger partial charge is 0.141 e. The van der Waals surface area contributed by atoms with E-state index in [9.17, 15) is 4.39 Å². The molecule has 5 heteroatoms. The molecule has 2 aromatic rings. The molecule has 2 rings (SSSR count). The van der Waals surface area contributed by atoms with Crippen LogP contribution in [0.3, 0.4) is 0 Å². The Morgan fingerprint density at radius 3 is 2.89 bits per heavy atom. The molecule has 1 heterocycles. The first-order valence-electron chi connectivity index (χ1n) is 6.26. The van der Waals surface area contributed by atoms with Crippen molar-refractivity contribution in [2.75, 3.05) is 6.54 Å². The van der Waals surface area contributed by atoms with Crippen molar-refractivity contribution in [1.82, 2.24) is 15.3 Å². The van der Waals surface area contributed by atoms with Crippen LogP contribution in [-0.2, 0) is 6.54 Å². The number of halogens is 2. The van der Waals surface area contributed by atoms with Crippen molar-refractivity contribution >= 4 is 11.6 Å². The number of rotatable bonds is 5. The van der Waals surface area contributed by atoms with Crippen LogP contribution in [0.15, 0.2) is 24.4 Å². The third-order valence-electron chi connectivity index (χ3n) is 2.69. The second-order valence-electron chi connectivity index (χ2n) is 4.91. The minimum Gasteiger partial charge on any atom is -0.341 e. The summed E-state index contributed by atoms with van der Waals surface area (Å²) in [7, 11) is 0. The molecule has 0 spiro atoms. The summed E-state index contributed by atoms with van der Waals surface area (Å²) in [5.41, 5.74) is 1.78. The molecule has 0 atom stereocenters. The minimum atomic E-state index is -0.421. The lowest BCUT2D eigenvalue weighted by molar-refractivity contribution is 0.549. The molecule has 0 radical (unpaired) electrons. The van der Waals surface area contributed by atoms with Gasteiger partial charge in [-0.2, -0.15) is 0 Å². The van der Waals surface area contributed by atoms with Crippen LogP contribution >= 0.6 is 11.6 Å². The van der Waals surface area contributed by atoms with Gasteiger partial charge in [0.25, 0.3) is 0 Å². The van der Waals surface area contributed by atoms with Gasteiger partial charge >= 0.3 is 0 Å². The Morgan fingerprint density at radius 1 is 1.42 bits per heavy atom. The highest BCUT2D eigenvalue weighted by atomic mass is 35.5. The number of aromatic amines is 1. The van der Waals surface area contributed by atoms with Gasteiger partial charge in [-0.15, -0.1) is 0 Å². The number of imidazole rings is 1. The molecule has 0 unspecified atom stereocenters. The average molecular weight is 282 g/mol. The highest BCUT2D eigenvalue weighted by Gasteiger charge is 2.06. The third kappa shape index (κ3) is 3.78. The summed E-state index contributed by atoms with van der Waals surface area (Å²) in [6.07, 6.45) is 1.78. The maximum Gasteiger partial charge on any atom is 0.141 e. The molecule has 0 amide bonds. The zero-order chi connectivity index (χ0) is 13.8. The average Bonchev–Trinajstić information content (AvgIpc) is 2.81. The van der Waals surface area contributed by atoms with E-state index in [0.29, 0.717) is 11.7 Å². The van der Waals surface area contributed by atoms with Crippen molar-refractivity contribution in [3.63, 3.8) is 0 Å². The number of H-pyrrole nitrogens is 1. The highest BCUT2D eigenvalue weighted by Crippen LogP contribution is 2.22. The fourth-order valence-electron chi connectivity index (χ4n) is 1.73. The molecule has 0 fully saturated rings. The summed E-state index contributed by atoms with van der Waals surface area (Å²) in [4.78, 5) is 7.47. The molecular formula is C14H17ClFN3. The molecule has 0 saturated carbocycles. The van der Waals surface area contributed by atoms with Crippen LogP contribution in [0, 0.1) is 11.7 Å². The van der Waals surface area contributed by atoms with Crippen LogP contribution in [-0.4, -0.2) is 16.5 Å². The van der Waals surface area contributed by atoms with E-state index in [0.717, 1.165) is 24.3 Å². The van der Waals surface area contributed by atoms with Crippen molar-refractivity contribution in [2.24, 2.45) is 5.92 Å². The first-order chi connectivity index (χ1) is 9.06. The SMILES string of the molecule is CC(C)CNCc1cnc(-c2ccc(F)c(Cl)c2)[nH]1. The first kappa shape index (κ1) is 14.0. The number of hydrogen-bond donors (Lipinski definition) is 2. The molecule has 0 aliphatic rings. The van der Waals surface area contributed by atoms with Gasteiger partial charge < -0.3 is 10.3 Å². The third-order valence-corrected chi connectivity index (χ3v) is 2.98. The van der Waals surface area contributed by atoms with Crippen LogP contribution < -0.4 is 5.32 Å². The predicted octanol–water partition coefficient (Wildman–Crippen LogP) is 3.61. The maximum absolute atomic E-state index is 13.1. The fraction of sp³-hybridized carbons (Fsp3) is 0.357. The monoisotopic (exact) mass is 281 g/mol. The normalized spacial score (nSPS) is 11.2. The van der Waals surface area contributed by atoms with Gasteiger partial charge in [0.2, 0.25) is 0 Å². The molecule has 2 N–H and O–H groups in total. The van der Waals surface area contributed by atoms with Gasteiger partial charge in [0.1, 0.15) is 11.6 Å². The van der Waals surface area contributed by atoms with Gasteiger partial charge in [0.05, 0.1) is 5.02 Å². The Morgan fingerprint density at radius 2 is 2.21 bits per heavy atom. The fourth-order valence-corrected chi connectivity index (χ4v) is 1.92. The second kappa shape index (κ2) is 6.17. The zero-order valence-electron chi connectivity index (χ0n) is 11.0. The summed E-state index contributed by atoms with van der Waals surface area (Å²) >= 11 is 5.76. The Kier molecular flexibility index (Phi) is 4.56. The van der Waals surface area contributed by atoms with E-state index < -0.39 is 5.82 Å². The molecule has 3 nitrogen and oxygen atoms in total. The molecule has 102 valence electrons. The van der Waals surface area contributed by atoms with E-state index in [2.05, 4.69) is 29.1 Å². The van der Waals surface area contributed by atoms with Crippen molar-refractivity contribution in [3.05, 3.63) is 40.9 Å². The Hall–Kier alpha value is -1.39. The van der Waals surface area contributed by atoms with Crippen LogP contribution in [0.2, 0.25) is 5.02 Å². The van der Waals surface area contributed by atoms with E-state index in [1.165, 1.54) is 6.07 Å². The van der Waals surface area contributed by atoms with Gasteiger partial charge in [0, 0.05) is 24.0 Å². The molecule has 0 bridgehead atoms. The van der Waals surface area contributed by atoms with Crippen molar-refractivity contribution < 1.29 is 4.39 Å². The topological polar surface area (TPSA) is 40.7 Å². The maximum atomic E-state index is 13.1. The Labute approximate surface area is 117 Å².